The predicted octanol–water partition coefficient (Wildman–Crippen LogP) is 3.71. The SMILES string of the molecule is CN1C(=O)C2C3=C(CCN2C1=O)C1=CC=CCC1N3CC1=CCC(CC(=O)OC(C)(C)C)C=C1. The number of rotatable bonds is 4. The number of hydrogen-bond acceptors (Lipinski definition) is 5. The number of esters is 1. The van der Waals surface area contributed by atoms with Crippen molar-refractivity contribution in [1.29, 1.82) is 0 Å². The number of carbonyl (C=O) groups is 3. The molecule has 3 atom stereocenters. The van der Waals surface area contributed by atoms with Crippen molar-refractivity contribution >= 4 is 17.9 Å². The highest BCUT2D eigenvalue weighted by molar-refractivity contribution is 6.06. The zero-order valence-corrected chi connectivity index (χ0v) is 20.4. The van der Waals surface area contributed by atoms with Crippen LogP contribution in [0.4, 0.5) is 4.79 Å². The number of fused-ring (bicyclic) bond motifs is 4. The van der Waals surface area contributed by atoms with E-state index in [0.717, 1.165) is 25.0 Å². The van der Waals surface area contributed by atoms with E-state index in [1.807, 2.05) is 20.8 Å². The highest BCUT2D eigenvalue weighted by Gasteiger charge is 2.53. The lowest BCUT2D eigenvalue weighted by molar-refractivity contribution is -0.155. The van der Waals surface area contributed by atoms with Gasteiger partial charge in [0.05, 0.1) is 18.2 Å². The van der Waals surface area contributed by atoms with Crippen LogP contribution in [0.3, 0.4) is 0 Å². The van der Waals surface area contributed by atoms with Gasteiger partial charge in [0.25, 0.3) is 5.91 Å². The number of imide groups is 1. The molecular weight excluding hydrogens is 430 g/mol. The molecule has 0 aromatic rings. The molecule has 3 amide bonds. The van der Waals surface area contributed by atoms with E-state index in [0.29, 0.717) is 19.5 Å². The van der Waals surface area contributed by atoms with Crippen LogP contribution in [0.15, 0.2) is 58.9 Å². The Kier molecular flexibility index (Phi) is 5.53. The van der Waals surface area contributed by atoms with Crippen molar-refractivity contribution in [2.24, 2.45) is 5.92 Å². The molecule has 180 valence electrons. The molecule has 7 heteroatoms. The van der Waals surface area contributed by atoms with Gasteiger partial charge in [-0.15, -0.1) is 0 Å². The normalized spacial score (nSPS) is 28.1. The lowest BCUT2D eigenvalue weighted by Gasteiger charge is -2.36. The fourth-order valence-corrected chi connectivity index (χ4v) is 5.70. The van der Waals surface area contributed by atoms with Gasteiger partial charge in [-0.3, -0.25) is 14.5 Å². The van der Waals surface area contributed by atoms with E-state index in [1.54, 1.807) is 11.9 Å². The van der Waals surface area contributed by atoms with E-state index >= 15 is 0 Å². The van der Waals surface area contributed by atoms with Crippen LogP contribution in [0.25, 0.3) is 0 Å². The Morgan fingerprint density at radius 1 is 1.21 bits per heavy atom. The van der Waals surface area contributed by atoms with Gasteiger partial charge < -0.3 is 14.5 Å². The lowest BCUT2D eigenvalue weighted by atomic mass is 9.91. The molecule has 0 aromatic heterocycles. The second kappa shape index (κ2) is 8.29. The molecule has 0 bridgehead atoms. The number of allylic oxidation sites excluding steroid dienone is 4. The Bertz CT molecular complexity index is 1090. The lowest BCUT2D eigenvalue weighted by Crippen LogP contribution is -2.46. The van der Waals surface area contributed by atoms with E-state index in [9.17, 15) is 14.4 Å². The summed E-state index contributed by atoms with van der Waals surface area (Å²) in [6.45, 7) is 6.91. The summed E-state index contributed by atoms with van der Waals surface area (Å²) in [5.74, 6) is -0.180. The number of nitrogens with zero attached hydrogens (tertiary/aromatic N) is 3. The first-order chi connectivity index (χ1) is 16.1. The molecular formula is C27H33N3O4. The zero-order valence-electron chi connectivity index (χ0n) is 20.4. The monoisotopic (exact) mass is 463 g/mol. The summed E-state index contributed by atoms with van der Waals surface area (Å²) in [4.78, 5) is 43.3. The largest absolute Gasteiger partial charge is 0.460 e. The van der Waals surface area contributed by atoms with Crippen LogP contribution in [0, 0.1) is 5.92 Å². The molecule has 0 spiro atoms. The first kappa shape index (κ1) is 22.7. The van der Waals surface area contributed by atoms with Crippen LogP contribution in [0.5, 0.6) is 0 Å². The number of likely N-dealkylation sites (N-methyl/N-ethyl adjacent to an activating group) is 1. The van der Waals surface area contributed by atoms with Crippen molar-refractivity contribution in [2.45, 2.75) is 64.1 Å². The Hall–Kier alpha value is -3.09. The quantitative estimate of drug-likeness (QED) is 0.470. The molecule has 0 saturated carbocycles. The minimum absolute atomic E-state index is 0.132. The molecule has 1 saturated heterocycles. The van der Waals surface area contributed by atoms with Gasteiger partial charge >= 0.3 is 12.0 Å². The molecule has 3 aliphatic heterocycles. The number of hydrogen-bond donors (Lipinski definition) is 0. The van der Waals surface area contributed by atoms with Gasteiger partial charge in [-0.2, -0.15) is 0 Å². The summed E-state index contributed by atoms with van der Waals surface area (Å²) >= 11 is 0. The molecule has 34 heavy (non-hydrogen) atoms. The number of ether oxygens (including phenoxy) is 1. The maximum absolute atomic E-state index is 13.1. The number of amides is 3. The number of urea groups is 1. The Morgan fingerprint density at radius 2 is 2.00 bits per heavy atom. The van der Waals surface area contributed by atoms with Crippen molar-refractivity contribution in [2.75, 3.05) is 20.1 Å². The summed E-state index contributed by atoms with van der Waals surface area (Å²) in [5, 5.41) is 0. The van der Waals surface area contributed by atoms with Gasteiger partial charge in [-0.05, 0) is 62.7 Å². The molecule has 7 nitrogen and oxygen atoms in total. The fraction of sp³-hybridized carbons (Fsp3) is 0.519. The second-order valence-electron chi connectivity index (χ2n) is 10.7. The van der Waals surface area contributed by atoms with Crippen LogP contribution in [0.1, 0.15) is 46.5 Å². The Morgan fingerprint density at radius 3 is 2.71 bits per heavy atom. The van der Waals surface area contributed by atoms with Crippen molar-refractivity contribution in [3.63, 3.8) is 0 Å². The van der Waals surface area contributed by atoms with Crippen molar-refractivity contribution in [3.05, 3.63) is 58.9 Å². The summed E-state index contributed by atoms with van der Waals surface area (Å²) in [6.07, 6.45) is 15.7. The smallest absolute Gasteiger partial charge is 0.327 e. The van der Waals surface area contributed by atoms with Crippen LogP contribution < -0.4 is 0 Å². The summed E-state index contributed by atoms with van der Waals surface area (Å²) in [6, 6.07) is -0.538. The first-order valence-electron chi connectivity index (χ1n) is 12.2. The second-order valence-corrected chi connectivity index (χ2v) is 10.7. The molecule has 3 unspecified atom stereocenters. The van der Waals surface area contributed by atoms with Crippen LogP contribution >= 0.6 is 0 Å². The van der Waals surface area contributed by atoms with E-state index in [-0.39, 0.29) is 29.9 Å². The van der Waals surface area contributed by atoms with Crippen LogP contribution in [0.2, 0.25) is 0 Å². The van der Waals surface area contributed by atoms with E-state index in [1.165, 1.54) is 21.6 Å². The maximum atomic E-state index is 13.1. The van der Waals surface area contributed by atoms with Gasteiger partial charge in [0.2, 0.25) is 0 Å². The maximum Gasteiger partial charge on any atom is 0.327 e. The molecule has 0 aromatic carbocycles. The fourth-order valence-electron chi connectivity index (χ4n) is 5.70. The van der Waals surface area contributed by atoms with Gasteiger partial charge in [0.15, 0.2) is 6.04 Å². The minimum atomic E-state index is -0.527. The minimum Gasteiger partial charge on any atom is -0.460 e. The van der Waals surface area contributed by atoms with Crippen LogP contribution in [-0.2, 0) is 14.3 Å². The number of carbonyl (C=O) groups excluding carboxylic acids is 3. The Balaban J connectivity index is 1.35. The predicted molar refractivity (Wildman–Crippen MR) is 128 cm³/mol. The topological polar surface area (TPSA) is 70.2 Å². The highest BCUT2D eigenvalue weighted by atomic mass is 16.6. The van der Waals surface area contributed by atoms with E-state index in [2.05, 4.69) is 41.4 Å². The van der Waals surface area contributed by atoms with E-state index < -0.39 is 11.6 Å². The zero-order chi connectivity index (χ0) is 24.2. The summed E-state index contributed by atoms with van der Waals surface area (Å²) in [7, 11) is 1.58. The average molecular weight is 464 g/mol. The molecule has 2 aliphatic carbocycles. The van der Waals surface area contributed by atoms with Gasteiger partial charge in [0.1, 0.15) is 5.60 Å². The Labute approximate surface area is 201 Å². The van der Waals surface area contributed by atoms with Gasteiger partial charge in [-0.1, -0.05) is 36.5 Å². The van der Waals surface area contributed by atoms with Crippen LogP contribution in [-0.4, -0.2) is 70.4 Å². The first-order valence-corrected chi connectivity index (χ1v) is 12.2. The standard InChI is InChI=1S/C27H33N3O4/c1-27(2,3)34-22(31)15-17-9-11-18(12-10-17)16-30-21-8-6-5-7-19(21)20-13-14-29-24(23(20)30)25(32)28(4)26(29)33/h5-7,9,11-12,17,21,24H,8,10,13-16H2,1-4H3. The highest BCUT2D eigenvalue weighted by Crippen LogP contribution is 2.46. The van der Waals surface area contributed by atoms with Crippen molar-refractivity contribution < 1.29 is 19.1 Å². The summed E-state index contributed by atoms with van der Waals surface area (Å²) < 4.78 is 5.47. The third kappa shape index (κ3) is 3.91. The van der Waals surface area contributed by atoms with Gasteiger partial charge in [-0.25, -0.2) is 4.79 Å². The van der Waals surface area contributed by atoms with E-state index in [4.69, 9.17) is 4.74 Å². The molecule has 0 N–H and O–H groups in total. The molecule has 1 fully saturated rings. The van der Waals surface area contributed by atoms with Crippen molar-refractivity contribution in [3.8, 4) is 0 Å². The third-order valence-corrected chi connectivity index (χ3v) is 7.21. The molecule has 5 aliphatic rings. The summed E-state index contributed by atoms with van der Waals surface area (Å²) in [5.41, 5.74) is 4.22. The molecule has 0 radical (unpaired) electrons. The van der Waals surface area contributed by atoms with Gasteiger partial charge in [0, 0.05) is 20.1 Å². The van der Waals surface area contributed by atoms with Crippen molar-refractivity contribution in [1.82, 2.24) is 14.7 Å². The molecule has 5 rings (SSSR count). The third-order valence-electron chi connectivity index (χ3n) is 7.21. The molecule has 3 heterocycles. The average Bonchev–Trinajstić information content (AvgIpc) is 3.21.